The summed E-state index contributed by atoms with van der Waals surface area (Å²) < 4.78 is 5.51. The molecule has 0 aliphatic rings. The monoisotopic (exact) mass is 345 g/mol. The molecule has 6 nitrogen and oxygen atoms in total. The Morgan fingerprint density at radius 2 is 2.04 bits per heavy atom. The summed E-state index contributed by atoms with van der Waals surface area (Å²) in [6, 6.07) is 7.75. The zero-order chi connectivity index (χ0) is 18.3. The topological polar surface area (TPSA) is 87.4 Å². The predicted molar refractivity (Wildman–Crippen MR) is 97.3 cm³/mol. The predicted octanol–water partition coefficient (Wildman–Crippen LogP) is 3.04. The van der Waals surface area contributed by atoms with Crippen molar-refractivity contribution in [2.24, 2.45) is 0 Å². The maximum atomic E-state index is 12.0. The number of hydrogen-bond donors (Lipinski definition) is 3. The molecule has 0 spiro atoms. The van der Waals surface area contributed by atoms with Crippen molar-refractivity contribution in [1.82, 2.24) is 15.6 Å². The zero-order valence-electron chi connectivity index (χ0n) is 15.1. The molecule has 136 valence electrons. The summed E-state index contributed by atoms with van der Waals surface area (Å²) in [6.07, 6.45) is 3.49. The van der Waals surface area contributed by atoms with Gasteiger partial charge in [-0.05, 0) is 38.8 Å². The van der Waals surface area contributed by atoms with Crippen LogP contribution in [0.3, 0.4) is 0 Å². The van der Waals surface area contributed by atoms with E-state index in [9.17, 15) is 4.79 Å². The number of urea groups is 1. The lowest BCUT2D eigenvalue weighted by atomic mass is 9.95. The molecule has 1 unspecified atom stereocenters. The standard InChI is InChI=1S/C19H27N3O3/c1-4-19(3,10-12-23)22-18(24)20-11-9-16-13-25-17(21-16)15-7-5-14(2)6-8-15/h5-8,13,23H,4,9-12H2,1-3H3,(H2,20,22,24). The molecule has 0 fully saturated rings. The van der Waals surface area contributed by atoms with Gasteiger partial charge in [0.25, 0.3) is 0 Å². The van der Waals surface area contributed by atoms with E-state index in [1.54, 1.807) is 6.26 Å². The van der Waals surface area contributed by atoms with Gasteiger partial charge in [-0.1, -0.05) is 24.6 Å². The van der Waals surface area contributed by atoms with Crippen LogP contribution in [0, 0.1) is 6.92 Å². The third kappa shape index (κ3) is 5.60. The van der Waals surface area contributed by atoms with Crippen LogP contribution in [0.2, 0.25) is 0 Å². The highest BCUT2D eigenvalue weighted by molar-refractivity contribution is 5.74. The molecule has 0 aliphatic heterocycles. The molecule has 0 bridgehead atoms. The minimum atomic E-state index is -0.397. The molecular formula is C19H27N3O3. The fourth-order valence-corrected chi connectivity index (χ4v) is 2.45. The zero-order valence-corrected chi connectivity index (χ0v) is 15.1. The van der Waals surface area contributed by atoms with Crippen molar-refractivity contribution >= 4 is 6.03 Å². The second kappa shape index (κ2) is 8.67. The fourth-order valence-electron chi connectivity index (χ4n) is 2.45. The Kier molecular flexibility index (Phi) is 6.58. The van der Waals surface area contributed by atoms with Gasteiger partial charge in [0.05, 0.1) is 5.69 Å². The second-order valence-electron chi connectivity index (χ2n) is 6.53. The third-order valence-electron chi connectivity index (χ3n) is 4.38. The normalized spacial score (nSPS) is 13.3. The number of aliphatic hydroxyl groups is 1. The minimum Gasteiger partial charge on any atom is -0.444 e. The Morgan fingerprint density at radius 1 is 1.32 bits per heavy atom. The van der Waals surface area contributed by atoms with E-state index in [2.05, 4.69) is 15.6 Å². The molecule has 2 aromatic rings. The van der Waals surface area contributed by atoms with Gasteiger partial charge in [-0.3, -0.25) is 0 Å². The summed E-state index contributed by atoms with van der Waals surface area (Å²) in [6.45, 7) is 6.45. The lowest BCUT2D eigenvalue weighted by Gasteiger charge is -2.28. The lowest BCUT2D eigenvalue weighted by Crippen LogP contribution is -2.50. The van der Waals surface area contributed by atoms with Gasteiger partial charge in [0, 0.05) is 30.7 Å². The molecule has 2 amide bonds. The van der Waals surface area contributed by atoms with E-state index in [-0.39, 0.29) is 12.6 Å². The van der Waals surface area contributed by atoms with Crippen LogP contribution in [-0.4, -0.2) is 34.8 Å². The summed E-state index contributed by atoms with van der Waals surface area (Å²) in [7, 11) is 0. The number of hydrogen-bond acceptors (Lipinski definition) is 4. The SMILES string of the molecule is CCC(C)(CCO)NC(=O)NCCc1coc(-c2ccc(C)cc2)n1. The molecule has 1 aromatic carbocycles. The van der Waals surface area contributed by atoms with E-state index in [0.717, 1.165) is 17.7 Å². The smallest absolute Gasteiger partial charge is 0.315 e. The Morgan fingerprint density at radius 3 is 2.68 bits per heavy atom. The molecule has 3 N–H and O–H groups in total. The second-order valence-corrected chi connectivity index (χ2v) is 6.53. The Balaban J connectivity index is 1.82. The average Bonchev–Trinajstić information content (AvgIpc) is 3.04. The molecule has 0 aliphatic carbocycles. The van der Waals surface area contributed by atoms with Crippen LogP contribution < -0.4 is 10.6 Å². The molecule has 0 saturated heterocycles. The summed E-state index contributed by atoms with van der Waals surface area (Å²) in [5.74, 6) is 0.584. The fraction of sp³-hybridized carbons (Fsp3) is 0.474. The van der Waals surface area contributed by atoms with Crippen LogP contribution in [0.25, 0.3) is 11.5 Å². The van der Waals surface area contributed by atoms with Crippen LogP contribution in [0.15, 0.2) is 34.9 Å². The number of aliphatic hydroxyl groups excluding tert-OH is 1. The van der Waals surface area contributed by atoms with Crippen LogP contribution in [0.1, 0.15) is 37.9 Å². The van der Waals surface area contributed by atoms with Gasteiger partial charge < -0.3 is 20.2 Å². The van der Waals surface area contributed by atoms with Crippen molar-refractivity contribution < 1.29 is 14.3 Å². The summed E-state index contributed by atoms with van der Waals surface area (Å²) in [5, 5.41) is 14.8. The van der Waals surface area contributed by atoms with Gasteiger partial charge in [0.15, 0.2) is 0 Å². The first-order valence-electron chi connectivity index (χ1n) is 8.64. The summed E-state index contributed by atoms with van der Waals surface area (Å²) in [5.41, 5.74) is 2.52. The number of carbonyl (C=O) groups excluding carboxylic acids is 1. The number of aryl methyl sites for hydroxylation is 1. The van der Waals surface area contributed by atoms with E-state index in [4.69, 9.17) is 9.52 Å². The number of rotatable bonds is 8. The van der Waals surface area contributed by atoms with Gasteiger partial charge in [-0.25, -0.2) is 9.78 Å². The molecule has 2 rings (SSSR count). The summed E-state index contributed by atoms with van der Waals surface area (Å²) >= 11 is 0. The first-order valence-corrected chi connectivity index (χ1v) is 8.64. The molecule has 1 heterocycles. The van der Waals surface area contributed by atoms with Crippen LogP contribution in [0.4, 0.5) is 4.79 Å². The molecule has 25 heavy (non-hydrogen) atoms. The third-order valence-corrected chi connectivity index (χ3v) is 4.38. The maximum Gasteiger partial charge on any atom is 0.315 e. The number of benzene rings is 1. The maximum absolute atomic E-state index is 12.0. The van der Waals surface area contributed by atoms with Gasteiger partial charge >= 0.3 is 6.03 Å². The van der Waals surface area contributed by atoms with Crippen molar-refractivity contribution in [3.63, 3.8) is 0 Å². The number of oxazole rings is 1. The molecular weight excluding hydrogens is 318 g/mol. The highest BCUT2D eigenvalue weighted by Gasteiger charge is 2.23. The number of nitrogens with one attached hydrogen (secondary N) is 2. The van der Waals surface area contributed by atoms with Crippen molar-refractivity contribution in [3.8, 4) is 11.5 Å². The van der Waals surface area contributed by atoms with Gasteiger partial charge in [-0.15, -0.1) is 0 Å². The van der Waals surface area contributed by atoms with Gasteiger partial charge in [0.2, 0.25) is 5.89 Å². The summed E-state index contributed by atoms with van der Waals surface area (Å²) in [4.78, 5) is 16.4. The number of nitrogens with zero attached hydrogens (tertiary/aromatic N) is 1. The van der Waals surface area contributed by atoms with E-state index < -0.39 is 5.54 Å². The highest BCUT2D eigenvalue weighted by atomic mass is 16.3. The Hall–Kier alpha value is -2.34. The van der Waals surface area contributed by atoms with Gasteiger partial charge in [0.1, 0.15) is 6.26 Å². The minimum absolute atomic E-state index is 0.0470. The number of amides is 2. The number of carbonyl (C=O) groups is 1. The Labute approximate surface area is 148 Å². The highest BCUT2D eigenvalue weighted by Crippen LogP contribution is 2.19. The molecule has 1 atom stereocenters. The van der Waals surface area contributed by atoms with Crippen molar-refractivity contribution in [3.05, 3.63) is 41.8 Å². The number of aromatic nitrogens is 1. The van der Waals surface area contributed by atoms with E-state index in [0.29, 0.717) is 25.3 Å². The quantitative estimate of drug-likeness (QED) is 0.686. The Bertz CT molecular complexity index is 681. The first kappa shape index (κ1) is 19.0. The van der Waals surface area contributed by atoms with Crippen molar-refractivity contribution in [2.45, 2.75) is 45.6 Å². The average molecular weight is 345 g/mol. The van der Waals surface area contributed by atoms with Crippen LogP contribution >= 0.6 is 0 Å². The van der Waals surface area contributed by atoms with E-state index in [1.807, 2.05) is 45.0 Å². The van der Waals surface area contributed by atoms with Crippen LogP contribution in [-0.2, 0) is 6.42 Å². The van der Waals surface area contributed by atoms with E-state index in [1.165, 1.54) is 5.56 Å². The molecule has 0 saturated carbocycles. The molecule has 6 heteroatoms. The lowest BCUT2D eigenvalue weighted by molar-refractivity contribution is 0.201. The molecule has 0 radical (unpaired) electrons. The molecule has 1 aromatic heterocycles. The first-order chi connectivity index (χ1) is 12.0. The van der Waals surface area contributed by atoms with Crippen molar-refractivity contribution in [2.75, 3.05) is 13.2 Å². The van der Waals surface area contributed by atoms with Gasteiger partial charge in [-0.2, -0.15) is 0 Å². The van der Waals surface area contributed by atoms with E-state index >= 15 is 0 Å². The largest absolute Gasteiger partial charge is 0.444 e. The van der Waals surface area contributed by atoms with Crippen LogP contribution in [0.5, 0.6) is 0 Å². The van der Waals surface area contributed by atoms with Crippen molar-refractivity contribution in [1.29, 1.82) is 0 Å².